The van der Waals surface area contributed by atoms with Gasteiger partial charge in [0, 0.05) is 17.1 Å². The molecule has 1 radical (unpaired) electrons. The first-order valence-corrected chi connectivity index (χ1v) is 7.66. The Morgan fingerprint density at radius 3 is 2.05 bits per heavy atom. The average molecular weight is 293 g/mol. The standard InChI is InChI=1S/C11H21N2O5S/c1-10(2)5-8(6-11(3,4)13(10)15)12-9(14)7-19(16,17)18/h8H,5-7H2,1-4H3,(H,12,14)(H,16,17,18). The van der Waals surface area contributed by atoms with E-state index in [2.05, 4.69) is 5.32 Å². The summed E-state index contributed by atoms with van der Waals surface area (Å²) in [7, 11) is -4.33. The van der Waals surface area contributed by atoms with Crippen molar-refractivity contribution in [1.29, 1.82) is 0 Å². The third-order valence-corrected chi connectivity index (χ3v) is 3.90. The number of hydrogen-bond donors (Lipinski definition) is 2. The molecule has 0 aromatic heterocycles. The van der Waals surface area contributed by atoms with Crippen molar-refractivity contribution in [2.75, 3.05) is 5.75 Å². The summed E-state index contributed by atoms with van der Waals surface area (Å²) in [6.07, 6.45) is 0.855. The van der Waals surface area contributed by atoms with Crippen LogP contribution in [0.4, 0.5) is 0 Å². The van der Waals surface area contributed by atoms with Crippen molar-refractivity contribution in [3.05, 3.63) is 0 Å². The van der Waals surface area contributed by atoms with Crippen LogP contribution in [0.3, 0.4) is 0 Å². The lowest BCUT2D eigenvalue weighted by Crippen LogP contribution is -2.62. The third-order valence-electron chi connectivity index (χ3n) is 3.27. The first-order valence-electron chi connectivity index (χ1n) is 6.05. The second-order valence-corrected chi connectivity index (χ2v) is 7.77. The number of nitrogens with one attached hydrogen (secondary N) is 1. The molecule has 0 bridgehead atoms. The number of rotatable bonds is 3. The van der Waals surface area contributed by atoms with E-state index in [1.807, 2.05) is 0 Å². The van der Waals surface area contributed by atoms with Gasteiger partial charge in [0.2, 0.25) is 5.91 Å². The first kappa shape index (κ1) is 16.4. The van der Waals surface area contributed by atoms with Gasteiger partial charge in [0.1, 0.15) is 0 Å². The maximum atomic E-state index is 12.1. The molecule has 1 rings (SSSR count). The van der Waals surface area contributed by atoms with Crippen molar-refractivity contribution in [2.24, 2.45) is 0 Å². The van der Waals surface area contributed by atoms with Gasteiger partial charge in [-0.25, -0.2) is 0 Å². The Morgan fingerprint density at radius 1 is 1.26 bits per heavy atom. The minimum Gasteiger partial charge on any atom is -0.352 e. The molecule has 1 aliphatic heterocycles. The summed E-state index contributed by atoms with van der Waals surface area (Å²) < 4.78 is 29.9. The van der Waals surface area contributed by atoms with Gasteiger partial charge in [0.15, 0.2) is 5.75 Å². The normalized spacial score (nSPS) is 24.1. The molecule has 0 aromatic carbocycles. The monoisotopic (exact) mass is 293 g/mol. The van der Waals surface area contributed by atoms with E-state index >= 15 is 0 Å². The van der Waals surface area contributed by atoms with E-state index in [1.165, 1.54) is 0 Å². The zero-order valence-corrected chi connectivity index (χ0v) is 12.5. The predicted octanol–water partition coefficient (Wildman–Crippen LogP) is 0.358. The highest BCUT2D eigenvalue weighted by atomic mass is 32.2. The molecule has 8 heteroatoms. The van der Waals surface area contributed by atoms with Crippen LogP contribution < -0.4 is 5.32 Å². The van der Waals surface area contributed by atoms with Crippen LogP contribution in [0.5, 0.6) is 0 Å². The molecule has 0 spiro atoms. The van der Waals surface area contributed by atoms with E-state index in [0.29, 0.717) is 12.8 Å². The van der Waals surface area contributed by atoms with Crippen molar-refractivity contribution < 1.29 is 23.0 Å². The summed E-state index contributed by atoms with van der Waals surface area (Å²) >= 11 is 0. The highest BCUT2D eigenvalue weighted by Gasteiger charge is 2.46. The van der Waals surface area contributed by atoms with Crippen LogP contribution >= 0.6 is 0 Å². The molecule has 0 aromatic rings. The van der Waals surface area contributed by atoms with Crippen LogP contribution in [0.2, 0.25) is 0 Å². The molecule has 0 atom stereocenters. The molecule has 1 fully saturated rings. The molecule has 1 amide bonds. The summed E-state index contributed by atoms with van der Waals surface area (Å²) in [6, 6.07) is -0.288. The fourth-order valence-electron chi connectivity index (χ4n) is 2.80. The van der Waals surface area contributed by atoms with Gasteiger partial charge >= 0.3 is 0 Å². The molecule has 0 saturated carbocycles. The van der Waals surface area contributed by atoms with Crippen molar-refractivity contribution in [2.45, 2.75) is 57.7 Å². The van der Waals surface area contributed by atoms with Crippen LogP contribution in [-0.4, -0.2) is 46.8 Å². The van der Waals surface area contributed by atoms with Gasteiger partial charge in [-0.3, -0.25) is 9.35 Å². The van der Waals surface area contributed by atoms with Gasteiger partial charge in [-0.1, -0.05) is 0 Å². The summed E-state index contributed by atoms with van der Waals surface area (Å²) in [5.74, 6) is -1.70. The highest BCUT2D eigenvalue weighted by molar-refractivity contribution is 7.86. The van der Waals surface area contributed by atoms with E-state index in [1.54, 1.807) is 27.7 Å². The second-order valence-electron chi connectivity index (χ2n) is 6.32. The van der Waals surface area contributed by atoms with E-state index in [9.17, 15) is 18.4 Å². The quantitative estimate of drug-likeness (QED) is 0.731. The summed E-state index contributed by atoms with van der Waals surface area (Å²) in [5, 5.41) is 15.7. The average Bonchev–Trinajstić information content (AvgIpc) is 2.09. The van der Waals surface area contributed by atoms with Crippen molar-refractivity contribution in [3.63, 3.8) is 0 Å². The molecule has 111 valence electrons. The number of amides is 1. The SMILES string of the molecule is CC1(C)CC(NC(=O)CS(=O)(=O)O)CC(C)(C)N1[O]. The number of hydroxylamine groups is 2. The predicted molar refractivity (Wildman–Crippen MR) is 68.3 cm³/mol. The summed E-state index contributed by atoms with van der Waals surface area (Å²) in [4.78, 5) is 11.5. The number of piperidine rings is 1. The topological polar surface area (TPSA) is 107 Å². The largest absolute Gasteiger partial charge is 0.352 e. The second kappa shape index (κ2) is 5.01. The number of nitrogens with zero attached hydrogens (tertiary/aromatic N) is 1. The Balaban J connectivity index is 2.74. The van der Waals surface area contributed by atoms with Crippen molar-refractivity contribution >= 4 is 16.0 Å². The van der Waals surface area contributed by atoms with Crippen LogP contribution in [-0.2, 0) is 20.1 Å². The van der Waals surface area contributed by atoms with Crippen LogP contribution in [0.15, 0.2) is 0 Å². The molecule has 0 aliphatic carbocycles. The fraction of sp³-hybridized carbons (Fsp3) is 0.909. The lowest BCUT2D eigenvalue weighted by atomic mass is 9.79. The Hall–Kier alpha value is -0.700. The fourth-order valence-corrected chi connectivity index (χ4v) is 3.22. The van der Waals surface area contributed by atoms with Gasteiger partial charge in [0.05, 0.1) is 0 Å². The van der Waals surface area contributed by atoms with Crippen LogP contribution in [0, 0.1) is 0 Å². The van der Waals surface area contributed by atoms with Gasteiger partial charge in [0.25, 0.3) is 10.1 Å². The number of carbonyl (C=O) groups is 1. The summed E-state index contributed by atoms with van der Waals surface area (Å²) in [6.45, 7) is 7.12. The molecule has 19 heavy (non-hydrogen) atoms. The molecular formula is C11H21N2O5S. The van der Waals surface area contributed by atoms with E-state index in [0.717, 1.165) is 5.06 Å². The van der Waals surface area contributed by atoms with Gasteiger partial charge in [-0.05, 0) is 40.5 Å². The van der Waals surface area contributed by atoms with Gasteiger partial charge < -0.3 is 5.32 Å². The lowest BCUT2D eigenvalue weighted by Gasteiger charge is -2.49. The maximum Gasteiger partial charge on any atom is 0.274 e. The van der Waals surface area contributed by atoms with Gasteiger partial charge in [-0.15, -0.1) is 10.3 Å². The van der Waals surface area contributed by atoms with Crippen molar-refractivity contribution in [3.8, 4) is 0 Å². The Morgan fingerprint density at radius 2 is 1.68 bits per heavy atom. The van der Waals surface area contributed by atoms with E-state index in [-0.39, 0.29) is 6.04 Å². The molecule has 0 unspecified atom stereocenters. The number of hydrogen-bond acceptors (Lipinski definition) is 4. The third kappa shape index (κ3) is 4.41. The molecule has 1 heterocycles. The Bertz CT molecular complexity index is 440. The number of carbonyl (C=O) groups excluding carboxylic acids is 1. The minimum atomic E-state index is -4.33. The van der Waals surface area contributed by atoms with E-state index < -0.39 is 32.9 Å². The smallest absolute Gasteiger partial charge is 0.274 e. The van der Waals surface area contributed by atoms with Gasteiger partial charge in [-0.2, -0.15) is 8.42 Å². The molecule has 1 aliphatic rings. The Labute approximate surface area is 113 Å². The zero-order chi connectivity index (χ0) is 15.1. The highest BCUT2D eigenvalue weighted by Crippen LogP contribution is 2.36. The molecule has 7 nitrogen and oxygen atoms in total. The molecular weight excluding hydrogens is 272 g/mol. The van der Waals surface area contributed by atoms with E-state index in [4.69, 9.17) is 4.55 Å². The maximum absolute atomic E-state index is 12.1. The molecule has 2 N–H and O–H groups in total. The minimum absolute atomic E-state index is 0.288. The zero-order valence-electron chi connectivity index (χ0n) is 11.6. The Kier molecular flexibility index (Phi) is 4.31. The van der Waals surface area contributed by atoms with Crippen molar-refractivity contribution in [1.82, 2.24) is 10.4 Å². The van der Waals surface area contributed by atoms with Crippen LogP contribution in [0.1, 0.15) is 40.5 Å². The van der Waals surface area contributed by atoms with Crippen LogP contribution in [0.25, 0.3) is 0 Å². The molecule has 1 saturated heterocycles. The lowest BCUT2D eigenvalue weighted by molar-refractivity contribution is -0.290. The first-order chi connectivity index (χ1) is 8.33. The summed E-state index contributed by atoms with van der Waals surface area (Å²) in [5.41, 5.74) is -1.28.